The monoisotopic (exact) mass is 323 g/mol. The highest BCUT2D eigenvalue weighted by Crippen LogP contribution is 2.28. The van der Waals surface area contributed by atoms with Crippen LogP contribution in [0.25, 0.3) is 0 Å². The maximum absolute atomic E-state index is 12.3. The molecule has 1 aliphatic heterocycles. The third-order valence-electron chi connectivity index (χ3n) is 3.26. The number of carbonyl (C=O) groups is 1. The molecule has 0 atom stereocenters. The van der Waals surface area contributed by atoms with Crippen molar-refractivity contribution in [1.29, 1.82) is 0 Å². The minimum atomic E-state index is -4.19. The van der Waals surface area contributed by atoms with Crippen LogP contribution in [-0.2, 0) is 6.42 Å². The lowest BCUT2D eigenvalue weighted by Crippen LogP contribution is -2.49. The van der Waals surface area contributed by atoms with Gasteiger partial charge in [-0.15, -0.1) is 0 Å². The van der Waals surface area contributed by atoms with E-state index in [-0.39, 0.29) is 4.88 Å². The number of anilines is 1. The Bertz CT molecular complexity index is 510. The summed E-state index contributed by atoms with van der Waals surface area (Å²) in [6.45, 7) is 2.36. The van der Waals surface area contributed by atoms with Crippen molar-refractivity contribution >= 4 is 22.4 Å². The van der Waals surface area contributed by atoms with Crippen molar-refractivity contribution in [3.63, 3.8) is 0 Å². The zero-order chi connectivity index (χ0) is 15.6. The van der Waals surface area contributed by atoms with E-state index in [1.165, 1.54) is 4.90 Å². The maximum atomic E-state index is 12.3. The number of thiazole rings is 1. The summed E-state index contributed by atoms with van der Waals surface area (Å²) < 4.78 is 37.0. The molecule has 0 unspecified atom stereocenters. The van der Waals surface area contributed by atoms with E-state index in [0.717, 1.165) is 11.3 Å². The van der Waals surface area contributed by atoms with Crippen LogP contribution in [0.5, 0.6) is 0 Å². The second-order valence-electron chi connectivity index (χ2n) is 4.81. The molecule has 0 spiro atoms. The molecule has 0 saturated carbocycles. The minimum Gasteiger partial charge on any atom is -0.477 e. The quantitative estimate of drug-likeness (QED) is 0.919. The number of piperazine rings is 1. The fourth-order valence-corrected chi connectivity index (χ4v) is 3.28. The topological polar surface area (TPSA) is 56.7 Å². The molecule has 2 heterocycles. The van der Waals surface area contributed by atoms with E-state index in [2.05, 4.69) is 4.98 Å². The second-order valence-corrected chi connectivity index (χ2v) is 5.79. The summed E-state index contributed by atoms with van der Waals surface area (Å²) >= 11 is 1.09. The first kappa shape index (κ1) is 16.0. The number of aryl methyl sites for hydroxylation is 1. The number of carboxylic acids is 1. The molecule has 5 nitrogen and oxygen atoms in total. The number of hydrogen-bond acceptors (Lipinski definition) is 5. The molecular weight excluding hydrogens is 307 g/mol. The number of aromatic carboxylic acids is 1. The van der Waals surface area contributed by atoms with Gasteiger partial charge in [0.25, 0.3) is 0 Å². The number of aromatic nitrogens is 1. The van der Waals surface area contributed by atoms with Gasteiger partial charge in [-0.25, -0.2) is 9.78 Å². The molecule has 0 amide bonds. The predicted molar refractivity (Wildman–Crippen MR) is 73.2 cm³/mol. The zero-order valence-corrected chi connectivity index (χ0v) is 12.3. The fourth-order valence-electron chi connectivity index (χ4n) is 2.23. The minimum absolute atomic E-state index is 0.213. The van der Waals surface area contributed by atoms with Gasteiger partial charge in [-0.2, -0.15) is 13.2 Å². The highest BCUT2D eigenvalue weighted by atomic mass is 32.1. The van der Waals surface area contributed by atoms with Crippen molar-refractivity contribution in [2.24, 2.45) is 0 Å². The van der Waals surface area contributed by atoms with Gasteiger partial charge in [-0.1, -0.05) is 18.3 Å². The molecular formula is C12H16F3N3O2S. The summed E-state index contributed by atoms with van der Waals surface area (Å²) in [6.07, 6.45) is -3.67. The Hall–Kier alpha value is -1.35. The standard InChI is InChI=1S/C12H16F3N3O2S/c1-2-8-9(10(19)20)21-11(16-8)18-5-3-17(4-6-18)7-12(13,14)15/h2-7H2,1H3,(H,19,20). The summed E-state index contributed by atoms with van der Waals surface area (Å²) in [4.78, 5) is 18.8. The average molecular weight is 323 g/mol. The first-order valence-electron chi connectivity index (χ1n) is 6.57. The van der Waals surface area contributed by atoms with E-state index in [9.17, 15) is 18.0 Å². The third-order valence-corrected chi connectivity index (χ3v) is 4.41. The summed E-state index contributed by atoms with van der Waals surface area (Å²) in [7, 11) is 0. The van der Waals surface area contributed by atoms with Gasteiger partial charge in [0, 0.05) is 26.2 Å². The van der Waals surface area contributed by atoms with E-state index < -0.39 is 18.7 Å². The molecule has 9 heteroatoms. The van der Waals surface area contributed by atoms with Crippen LogP contribution < -0.4 is 4.90 Å². The van der Waals surface area contributed by atoms with Crippen molar-refractivity contribution < 1.29 is 23.1 Å². The molecule has 1 N–H and O–H groups in total. The summed E-state index contributed by atoms with van der Waals surface area (Å²) in [5, 5.41) is 9.68. The van der Waals surface area contributed by atoms with Crippen LogP contribution in [0.2, 0.25) is 0 Å². The van der Waals surface area contributed by atoms with Crippen molar-refractivity contribution in [1.82, 2.24) is 9.88 Å². The summed E-state index contributed by atoms with van der Waals surface area (Å²) in [6, 6.07) is 0. The number of alkyl halides is 3. The molecule has 1 saturated heterocycles. The van der Waals surface area contributed by atoms with Crippen LogP contribution in [0.4, 0.5) is 18.3 Å². The Balaban J connectivity index is 2.01. The molecule has 0 radical (unpaired) electrons. The lowest BCUT2D eigenvalue weighted by molar-refractivity contribution is -0.146. The van der Waals surface area contributed by atoms with Gasteiger partial charge >= 0.3 is 12.1 Å². The normalized spacial score (nSPS) is 17.2. The predicted octanol–water partition coefficient (Wildman–Crippen LogP) is 2.09. The lowest BCUT2D eigenvalue weighted by Gasteiger charge is -2.34. The molecule has 1 fully saturated rings. The van der Waals surface area contributed by atoms with Gasteiger partial charge in [0.15, 0.2) is 5.13 Å². The van der Waals surface area contributed by atoms with Crippen molar-refractivity contribution in [3.8, 4) is 0 Å². The van der Waals surface area contributed by atoms with Crippen LogP contribution in [0.3, 0.4) is 0 Å². The zero-order valence-electron chi connectivity index (χ0n) is 11.5. The lowest BCUT2D eigenvalue weighted by atomic mass is 10.3. The maximum Gasteiger partial charge on any atom is 0.401 e. The number of nitrogens with zero attached hydrogens (tertiary/aromatic N) is 3. The number of halogens is 3. The molecule has 1 aromatic rings. The van der Waals surface area contributed by atoms with Crippen molar-refractivity contribution in [3.05, 3.63) is 10.6 Å². The Labute approximate surface area is 124 Å². The first-order valence-corrected chi connectivity index (χ1v) is 7.39. The molecule has 0 bridgehead atoms. The third kappa shape index (κ3) is 4.07. The van der Waals surface area contributed by atoms with E-state index >= 15 is 0 Å². The van der Waals surface area contributed by atoms with Crippen molar-refractivity contribution in [2.45, 2.75) is 19.5 Å². The summed E-state index contributed by atoms with van der Waals surface area (Å²) in [5.41, 5.74) is 0.528. The molecule has 0 aromatic carbocycles. The van der Waals surface area contributed by atoms with Gasteiger partial charge in [-0.05, 0) is 6.42 Å². The van der Waals surface area contributed by atoms with E-state index in [1.54, 1.807) is 0 Å². The van der Waals surface area contributed by atoms with Gasteiger partial charge in [0.1, 0.15) is 4.88 Å². The average Bonchev–Trinajstić information content (AvgIpc) is 2.82. The highest BCUT2D eigenvalue weighted by Gasteiger charge is 2.32. The largest absolute Gasteiger partial charge is 0.477 e. The Morgan fingerprint density at radius 3 is 2.38 bits per heavy atom. The number of rotatable bonds is 4. The smallest absolute Gasteiger partial charge is 0.401 e. The summed E-state index contributed by atoms with van der Waals surface area (Å²) in [5.74, 6) is -1.01. The molecule has 1 aromatic heterocycles. The van der Waals surface area contributed by atoms with Gasteiger partial charge in [-0.3, -0.25) is 4.90 Å². The van der Waals surface area contributed by atoms with Crippen LogP contribution >= 0.6 is 11.3 Å². The van der Waals surface area contributed by atoms with Crippen LogP contribution in [0.1, 0.15) is 22.3 Å². The van der Waals surface area contributed by atoms with Crippen molar-refractivity contribution in [2.75, 3.05) is 37.6 Å². The molecule has 1 aliphatic rings. The number of carboxylic acid groups (broad SMARTS) is 1. The van der Waals surface area contributed by atoms with Gasteiger partial charge in [0.05, 0.1) is 12.2 Å². The molecule has 0 aliphatic carbocycles. The molecule has 118 valence electrons. The van der Waals surface area contributed by atoms with Crippen LogP contribution in [0.15, 0.2) is 0 Å². The van der Waals surface area contributed by atoms with E-state index in [1.807, 2.05) is 11.8 Å². The first-order chi connectivity index (χ1) is 9.80. The Kier molecular flexibility index (Phi) is 4.72. The van der Waals surface area contributed by atoms with Gasteiger partial charge < -0.3 is 10.0 Å². The molecule has 21 heavy (non-hydrogen) atoms. The highest BCUT2D eigenvalue weighted by molar-refractivity contribution is 7.17. The van der Waals surface area contributed by atoms with E-state index in [0.29, 0.717) is 43.4 Å². The Morgan fingerprint density at radius 2 is 1.95 bits per heavy atom. The van der Waals surface area contributed by atoms with Crippen LogP contribution in [0, 0.1) is 0 Å². The number of hydrogen-bond donors (Lipinski definition) is 1. The Morgan fingerprint density at radius 1 is 1.33 bits per heavy atom. The second kappa shape index (κ2) is 6.18. The fraction of sp³-hybridized carbons (Fsp3) is 0.667. The molecule has 2 rings (SSSR count). The van der Waals surface area contributed by atoms with E-state index in [4.69, 9.17) is 5.11 Å². The van der Waals surface area contributed by atoms with Crippen LogP contribution in [-0.4, -0.2) is 59.9 Å². The SMILES string of the molecule is CCc1nc(N2CCN(CC(F)(F)F)CC2)sc1C(=O)O. The van der Waals surface area contributed by atoms with Gasteiger partial charge in [0.2, 0.25) is 0 Å².